The number of rotatable bonds is 18. The topological polar surface area (TPSA) is 185 Å². The standard InChI is InChI=1S/C55H66N6O8S/c1-6-46(38-14-20-42(62)21-15-38)50(39-16-22-43(63)23-17-39)40-18-24-45(25-19-40)69-31-30-59-26-28-60(29-27-59)49(66)9-7-8-48(65)58-52(55(3,4)5)54(68)61-34-44(64)32-47(61)53(67)56-33-37-10-12-41(13-11-37)51-36(2)57-35-70-51/h10-25,35,44,47,52,62-64H,6-9,26-34H2,1-5H3,(H,56,67)(H,58,65)/t44-,47+,52?/m1/s1. The molecule has 4 aromatic carbocycles. The van der Waals surface area contributed by atoms with Gasteiger partial charge in [0.2, 0.25) is 23.6 Å². The SMILES string of the molecule is CCC(=C(c1ccc(O)cc1)c1ccc(OCCN2CCN(C(=O)CCCC(=O)NC(C(=O)N3C[C@H](O)C[C@H]3C(=O)NCc3ccc(-c4scnc4C)cc3)C(C)(C)C)CC2)cc1)c1ccc(O)cc1. The predicted octanol–water partition coefficient (Wildman–Crippen LogP) is 7.40. The van der Waals surface area contributed by atoms with Gasteiger partial charge in [0.15, 0.2) is 0 Å². The third kappa shape index (κ3) is 13.2. The van der Waals surface area contributed by atoms with Crippen molar-refractivity contribution in [2.24, 2.45) is 5.41 Å². The number of allylic oxidation sites excluding steroid dienone is 1. The normalized spacial score (nSPS) is 17.2. The van der Waals surface area contributed by atoms with Crippen molar-refractivity contribution in [1.29, 1.82) is 0 Å². The largest absolute Gasteiger partial charge is 0.508 e. The van der Waals surface area contributed by atoms with Gasteiger partial charge in [-0.25, -0.2) is 4.98 Å². The number of aryl methyl sites for hydroxylation is 1. The minimum Gasteiger partial charge on any atom is -0.508 e. The van der Waals surface area contributed by atoms with Crippen LogP contribution in [-0.2, 0) is 25.7 Å². The fourth-order valence-electron chi connectivity index (χ4n) is 9.13. The molecule has 3 heterocycles. The first-order valence-electron chi connectivity index (χ1n) is 24.2. The first kappa shape index (κ1) is 51.3. The van der Waals surface area contributed by atoms with Crippen molar-refractivity contribution in [1.82, 2.24) is 30.3 Å². The van der Waals surface area contributed by atoms with E-state index in [1.54, 1.807) is 35.6 Å². The number of aliphatic hydroxyl groups is 1. The highest BCUT2D eigenvalue weighted by molar-refractivity contribution is 7.13. The summed E-state index contributed by atoms with van der Waals surface area (Å²) in [6.07, 6.45) is 0.556. The number of phenols is 2. The van der Waals surface area contributed by atoms with Gasteiger partial charge < -0.3 is 40.5 Å². The van der Waals surface area contributed by atoms with Gasteiger partial charge in [0.05, 0.1) is 22.2 Å². The van der Waals surface area contributed by atoms with E-state index in [0.29, 0.717) is 45.8 Å². The highest BCUT2D eigenvalue weighted by Gasteiger charge is 2.44. The van der Waals surface area contributed by atoms with Gasteiger partial charge in [-0.1, -0.05) is 88.4 Å². The molecule has 1 unspecified atom stereocenters. The first-order valence-corrected chi connectivity index (χ1v) is 25.1. The van der Waals surface area contributed by atoms with E-state index < -0.39 is 29.5 Å². The van der Waals surface area contributed by atoms with Crippen molar-refractivity contribution in [3.63, 3.8) is 0 Å². The van der Waals surface area contributed by atoms with Gasteiger partial charge in [-0.2, -0.15) is 0 Å². The van der Waals surface area contributed by atoms with Crippen molar-refractivity contribution in [3.05, 3.63) is 131 Å². The number of aliphatic hydroxyl groups excluding tert-OH is 1. The fraction of sp³-hybridized carbons (Fsp3) is 0.400. The number of ether oxygens (including phenoxy) is 1. The third-order valence-corrected chi connectivity index (χ3v) is 14.1. The Labute approximate surface area is 415 Å². The molecule has 5 N–H and O–H groups in total. The van der Waals surface area contributed by atoms with E-state index in [-0.39, 0.29) is 61.6 Å². The average Bonchev–Trinajstić information content (AvgIpc) is 3.97. The molecule has 370 valence electrons. The van der Waals surface area contributed by atoms with Gasteiger partial charge in [0.1, 0.15) is 35.9 Å². The maximum absolute atomic E-state index is 14.1. The summed E-state index contributed by atoms with van der Waals surface area (Å²) in [5.74, 6) is -0.0292. The molecule has 5 aromatic rings. The van der Waals surface area contributed by atoms with Crippen LogP contribution in [0.2, 0.25) is 0 Å². The molecule has 0 bridgehead atoms. The molecule has 2 saturated heterocycles. The summed E-state index contributed by atoms with van der Waals surface area (Å²) in [6, 6.07) is 28.4. The van der Waals surface area contributed by atoms with E-state index in [9.17, 15) is 34.5 Å². The number of phenolic OH excluding ortho intramolecular Hbond substituents is 2. The maximum Gasteiger partial charge on any atom is 0.246 e. The van der Waals surface area contributed by atoms with Crippen LogP contribution in [0.1, 0.15) is 87.7 Å². The first-order chi connectivity index (χ1) is 33.6. The molecule has 2 aliphatic heterocycles. The van der Waals surface area contributed by atoms with E-state index in [1.807, 2.05) is 111 Å². The lowest BCUT2D eigenvalue weighted by atomic mass is 9.85. The summed E-state index contributed by atoms with van der Waals surface area (Å²) in [4.78, 5) is 65.0. The predicted molar refractivity (Wildman–Crippen MR) is 273 cm³/mol. The van der Waals surface area contributed by atoms with Gasteiger partial charge in [-0.3, -0.25) is 24.1 Å². The van der Waals surface area contributed by atoms with Crippen LogP contribution >= 0.6 is 11.3 Å². The van der Waals surface area contributed by atoms with Crippen LogP contribution in [0.15, 0.2) is 103 Å². The smallest absolute Gasteiger partial charge is 0.246 e. The molecule has 7 rings (SSSR count). The number of thiazole rings is 1. The highest BCUT2D eigenvalue weighted by atomic mass is 32.1. The van der Waals surface area contributed by atoms with E-state index in [4.69, 9.17) is 4.74 Å². The zero-order valence-electron chi connectivity index (χ0n) is 40.8. The summed E-state index contributed by atoms with van der Waals surface area (Å²) in [7, 11) is 0. The zero-order chi connectivity index (χ0) is 50.0. The number of carbonyl (C=O) groups is 4. The number of carbonyl (C=O) groups excluding carboxylic acids is 4. The number of hydrogen-bond acceptors (Lipinski definition) is 11. The van der Waals surface area contributed by atoms with Gasteiger partial charge >= 0.3 is 0 Å². The zero-order valence-corrected chi connectivity index (χ0v) is 41.6. The second kappa shape index (κ2) is 23.4. The van der Waals surface area contributed by atoms with Gasteiger partial charge in [-0.15, -0.1) is 11.3 Å². The lowest BCUT2D eigenvalue weighted by Gasteiger charge is -2.35. The molecule has 4 amide bonds. The Morgan fingerprint density at radius 2 is 1.44 bits per heavy atom. The van der Waals surface area contributed by atoms with Crippen LogP contribution in [0, 0.1) is 12.3 Å². The Balaban J connectivity index is 0.838. The van der Waals surface area contributed by atoms with Gasteiger partial charge in [-0.05, 0) is 101 Å². The minimum atomic E-state index is -0.950. The Kier molecular flexibility index (Phi) is 17.1. The Morgan fingerprint density at radius 1 is 0.829 bits per heavy atom. The fourth-order valence-corrected chi connectivity index (χ4v) is 9.95. The van der Waals surface area contributed by atoms with Crippen LogP contribution < -0.4 is 15.4 Å². The van der Waals surface area contributed by atoms with Crippen LogP contribution in [0.4, 0.5) is 0 Å². The molecule has 2 aliphatic rings. The molecule has 0 saturated carbocycles. The second-order valence-electron chi connectivity index (χ2n) is 19.2. The average molecular weight is 971 g/mol. The summed E-state index contributed by atoms with van der Waals surface area (Å²) in [5.41, 5.74) is 9.13. The monoisotopic (exact) mass is 970 g/mol. The van der Waals surface area contributed by atoms with E-state index >= 15 is 0 Å². The molecular formula is C55H66N6O8S. The maximum atomic E-state index is 14.1. The van der Waals surface area contributed by atoms with Crippen LogP contribution in [0.25, 0.3) is 21.6 Å². The Hall–Kier alpha value is -6.55. The summed E-state index contributed by atoms with van der Waals surface area (Å²) in [6.45, 7) is 13.6. The molecule has 14 nitrogen and oxygen atoms in total. The van der Waals surface area contributed by atoms with Crippen molar-refractivity contribution in [2.75, 3.05) is 45.9 Å². The number of likely N-dealkylation sites (tertiary alicyclic amines) is 1. The van der Waals surface area contributed by atoms with Crippen molar-refractivity contribution in [3.8, 4) is 27.7 Å². The molecule has 2 fully saturated rings. The number of β-amino-alcohol motifs (C(OH)–C–C–N with tert-alkyl or cyclic N) is 1. The lowest BCUT2D eigenvalue weighted by Crippen LogP contribution is -2.57. The number of benzene rings is 4. The molecule has 15 heteroatoms. The Bertz CT molecular complexity index is 2600. The Morgan fingerprint density at radius 3 is 2.03 bits per heavy atom. The molecule has 3 atom stereocenters. The lowest BCUT2D eigenvalue weighted by molar-refractivity contribution is -0.144. The van der Waals surface area contributed by atoms with Crippen molar-refractivity contribution < 1.29 is 39.2 Å². The number of nitrogens with zero attached hydrogens (tertiary/aromatic N) is 4. The number of hydrogen-bond donors (Lipinski definition) is 5. The van der Waals surface area contributed by atoms with Gasteiger partial charge in [0.25, 0.3) is 0 Å². The van der Waals surface area contributed by atoms with E-state index in [2.05, 4.69) is 27.4 Å². The number of nitrogens with one attached hydrogen (secondary N) is 2. The summed E-state index contributed by atoms with van der Waals surface area (Å²) in [5, 5.41) is 36.3. The number of amides is 4. The number of aromatic hydroxyl groups is 2. The molecule has 0 aliphatic carbocycles. The molecule has 1 aromatic heterocycles. The molecular weight excluding hydrogens is 905 g/mol. The highest BCUT2D eigenvalue weighted by Crippen LogP contribution is 2.36. The minimum absolute atomic E-state index is 0.0161. The summed E-state index contributed by atoms with van der Waals surface area (Å²) < 4.78 is 6.16. The van der Waals surface area contributed by atoms with Crippen LogP contribution in [-0.4, -0.2) is 123 Å². The van der Waals surface area contributed by atoms with E-state index in [0.717, 1.165) is 61.7 Å². The quantitative estimate of drug-likeness (QED) is 0.0555. The molecule has 70 heavy (non-hydrogen) atoms. The number of aromatic nitrogens is 1. The number of piperazine rings is 1. The second-order valence-corrected chi connectivity index (χ2v) is 20.0. The van der Waals surface area contributed by atoms with Gasteiger partial charge in [0, 0.05) is 65.1 Å². The summed E-state index contributed by atoms with van der Waals surface area (Å²) >= 11 is 1.57. The van der Waals surface area contributed by atoms with Crippen molar-refractivity contribution >= 4 is 46.1 Å². The van der Waals surface area contributed by atoms with Crippen LogP contribution in [0.5, 0.6) is 17.2 Å². The molecule has 0 radical (unpaired) electrons. The third-order valence-electron chi connectivity index (χ3n) is 13.1. The van der Waals surface area contributed by atoms with Crippen LogP contribution in [0.3, 0.4) is 0 Å². The van der Waals surface area contributed by atoms with Crippen molar-refractivity contribution in [2.45, 2.75) is 91.5 Å². The molecule has 0 spiro atoms. The van der Waals surface area contributed by atoms with E-state index in [1.165, 1.54) is 4.90 Å².